The van der Waals surface area contributed by atoms with E-state index in [1.165, 1.54) is 0 Å². The number of hydrogen-bond acceptors (Lipinski definition) is 2. The van der Waals surface area contributed by atoms with Crippen molar-refractivity contribution in [1.29, 1.82) is 0 Å². The zero-order valence-corrected chi connectivity index (χ0v) is 11.7. The number of carbonyl (C=O) groups is 1. The fourth-order valence-electron chi connectivity index (χ4n) is 1.39. The van der Waals surface area contributed by atoms with Crippen LogP contribution >= 0.6 is 22.6 Å². The van der Waals surface area contributed by atoms with Gasteiger partial charge in [-0.05, 0) is 64.6 Å². The standard InChI is InChI=1S/C13H12IN3O/c14-11-1-3-12(4-2-11)17-13(18)16-9-10-5-7-15-8-6-10/h1-8H,9H2,(H2,16,17,18). The topological polar surface area (TPSA) is 54.0 Å². The molecule has 2 aromatic rings. The average Bonchev–Trinajstić information content (AvgIpc) is 2.40. The van der Waals surface area contributed by atoms with Gasteiger partial charge >= 0.3 is 6.03 Å². The highest BCUT2D eigenvalue weighted by molar-refractivity contribution is 14.1. The van der Waals surface area contributed by atoms with Gasteiger partial charge in [0.2, 0.25) is 0 Å². The molecule has 1 aromatic heterocycles. The molecule has 0 radical (unpaired) electrons. The highest BCUT2D eigenvalue weighted by atomic mass is 127. The number of pyridine rings is 1. The number of anilines is 1. The summed E-state index contributed by atoms with van der Waals surface area (Å²) in [6.45, 7) is 0.485. The Morgan fingerprint density at radius 2 is 1.78 bits per heavy atom. The zero-order valence-electron chi connectivity index (χ0n) is 9.56. The number of urea groups is 1. The van der Waals surface area contributed by atoms with Crippen LogP contribution in [0, 0.1) is 3.57 Å². The predicted octanol–water partition coefficient (Wildman–Crippen LogP) is 3.01. The maximum absolute atomic E-state index is 11.6. The summed E-state index contributed by atoms with van der Waals surface area (Å²) in [5.41, 5.74) is 1.80. The summed E-state index contributed by atoms with van der Waals surface area (Å²) in [6.07, 6.45) is 3.40. The first kappa shape index (κ1) is 12.8. The monoisotopic (exact) mass is 353 g/mol. The smallest absolute Gasteiger partial charge is 0.319 e. The van der Waals surface area contributed by atoms with Crippen molar-refractivity contribution in [2.75, 3.05) is 5.32 Å². The van der Waals surface area contributed by atoms with E-state index in [4.69, 9.17) is 0 Å². The second kappa shape index (κ2) is 6.34. The van der Waals surface area contributed by atoms with E-state index in [1.807, 2.05) is 36.4 Å². The molecule has 0 spiro atoms. The molecule has 2 N–H and O–H groups in total. The summed E-state index contributed by atoms with van der Waals surface area (Å²) in [7, 11) is 0. The molecule has 18 heavy (non-hydrogen) atoms. The highest BCUT2D eigenvalue weighted by Crippen LogP contribution is 2.10. The molecule has 5 heteroatoms. The van der Waals surface area contributed by atoms with E-state index in [1.54, 1.807) is 12.4 Å². The van der Waals surface area contributed by atoms with Crippen molar-refractivity contribution >= 4 is 34.3 Å². The number of amides is 2. The molecule has 0 unspecified atom stereocenters. The Morgan fingerprint density at radius 1 is 1.11 bits per heavy atom. The molecule has 4 nitrogen and oxygen atoms in total. The van der Waals surface area contributed by atoms with Crippen LogP contribution in [0.15, 0.2) is 48.8 Å². The van der Waals surface area contributed by atoms with Gasteiger partial charge in [-0.2, -0.15) is 0 Å². The molecule has 1 aromatic carbocycles. The Labute approximate surface area is 119 Å². The summed E-state index contributed by atoms with van der Waals surface area (Å²) in [5.74, 6) is 0. The molecule has 1 heterocycles. The number of benzene rings is 1. The Balaban J connectivity index is 1.84. The van der Waals surface area contributed by atoms with Gasteiger partial charge in [-0.3, -0.25) is 4.98 Å². The van der Waals surface area contributed by atoms with E-state index in [0.717, 1.165) is 14.8 Å². The van der Waals surface area contributed by atoms with E-state index in [0.29, 0.717) is 6.54 Å². The van der Waals surface area contributed by atoms with Crippen LogP contribution in [0.4, 0.5) is 10.5 Å². The number of halogens is 1. The first-order chi connectivity index (χ1) is 8.74. The van der Waals surface area contributed by atoms with Gasteiger partial charge in [-0.25, -0.2) is 4.79 Å². The molecular weight excluding hydrogens is 341 g/mol. The minimum atomic E-state index is -0.215. The summed E-state index contributed by atoms with van der Waals surface area (Å²) in [5, 5.41) is 5.55. The van der Waals surface area contributed by atoms with Crippen LogP contribution in [0.3, 0.4) is 0 Å². The lowest BCUT2D eigenvalue weighted by Gasteiger charge is -2.07. The second-order valence-corrected chi connectivity index (χ2v) is 4.92. The maximum Gasteiger partial charge on any atom is 0.319 e. The fraction of sp³-hybridized carbons (Fsp3) is 0.0769. The first-order valence-corrected chi connectivity index (χ1v) is 6.51. The van der Waals surface area contributed by atoms with E-state index < -0.39 is 0 Å². The molecule has 0 aliphatic carbocycles. The number of nitrogens with zero attached hydrogens (tertiary/aromatic N) is 1. The minimum absolute atomic E-state index is 0.215. The van der Waals surface area contributed by atoms with Crippen LogP contribution < -0.4 is 10.6 Å². The van der Waals surface area contributed by atoms with Crippen LogP contribution in [0.25, 0.3) is 0 Å². The molecule has 0 aliphatic heterocycles. The van der Waals surface area contributed by atoms with Crippen molar-refractivity contribution < 1.29 is 4.79 Å². The Kier molecular flexibility index (Phi) is 4.52. The lowest BCUT2D eigenvalue weighted by Crippen LogP contribution is -2.28. The van der Waals surface area contributed by atoms with E-state index in [-0.39, 0.29) is 6.03 Å². The largest absolute Gasteiger partial charge is 0.334 e. The van der Waals surface area contributed by atoms with E-state index in [2.05, 4.69) is 38.2 Å². The van der Waals surface area contributed by atoms with Crippen LogP contribution in [-0.4, -0.2) is 11.0 Å². The van der Waals surface area contributed by atoms with Crippen molar-refractivity contribution in [3.8, 4) is 0 Å². The number of carbonyl (C=O) groups excluding carboxylic acids is 1. The molecule has 0 saturated heterocycles. The summed E-state index contributed by atoms with van der Waals surface area (Å²) in [4.78, 5) is 15.6. The predicted molar refractivity (Wildman–Crippen MR) is 79.3 cm³/mol. The van der Waals surface area contributed by atoms with Crippen LogP contribution in [0.5, 0.6) is 0 Å². The van der Waals surface area contributed by atoms with Crippen molar-refractivity contribution in [1.82, 2.24) is 10.3 Å². The van der Waals surface area contributed by atoms with Crippen LogP contribution in [-0.2, 0) is 6.54 Å². The van der Waals surface area contributed by atoms with Gasteiger partial charge in [0.15, 0.2) is 0 Å². The molecule has 0 aliphatic rings. The molecule has 0 atom stereocenters. The summed E-state index contributed by atoms with van der Waals surface area (Å²) in [6, 6.07) is 11.1. The SMILES string of the molecule is O=C(NCc1ccncc1)Nc1ccc(I)cc1. The number of hydrogen-bond donors (Lipinski definition) is 2. The second-order valence-electron chi connectivity index (χ2n) is 3.67. The molecule has 2 amide bonds. The van der Waals surface area contributed by atoms with Gasteiger partial charge in [0, 0.05) is 28.2 Å². The first-order valence-electron chi connectivity index (χ1n) is 5.43. The molecular formula is C13H12IN3O. The fourth-order valence-corrected chi connectivity index (χ4v) is 1.75. The number of rotatable bonds is 3. The third-order valence-electron chi connectivity index (χ3n) is 2.30. The summed E-state index contributed by atoms with van der Waals surface area (Å²) < 4.78 is 1.13. The Morgan fingerprint density at radius 3 is 2.44 bits per heavy atom. The van der Waals surface area contributed by atoms with Crippen LogP contribution in [0.1, 0.15) is 5.56 Å². The van der Waals surface area contributed by atoms with Gasteiger partial charge in [-0.15, -0.1) is 0 Å². The maximum atomic E-state index is 11.6. The zero-order chi connectivity index (χ0) is 12.8. The van der Waals surface area contributed by atoms with Crippen molar-refractivity contribution in [2.24, 2.45) is 0 Å². The minimum Gasteiger partial charge on any atom is -0.334 e. The average molecular weight is 353 g/mol. The highest BCUT2D eigenvalue weighted by Gasteiger charge is 2.01. The van der Waals surface area contributed by atoms with Gasteiger partial charge in [0.05, 0.1) is 0 Å². The van der Waals surface area contributed by atoms with E-state index in [9.17, 15) is 4.79 Å². The summed E-state index contributed by atoms with van der Waals surface area (Å²) >= 11 is 2.22. The molecule has 92 valence electrons. The quantitative estimate of drug-likeness (QED) is 0.834. The number of nitrogens with one attached hydrogen (secondary N) is 2. The van der Waals surface area contributed by atoms with Gasteiger partial charge in [0.25, 0.3) is 0 Å². The molecule has 0 bridgehead atoms. The third-order valence-corrected chi connectivity index (χ3v) is 3.02. The Bertz CT molecular complexity index is 514. The van der Waals surface area contributed by atoms with Crippen molar-refractivity contribution in [2.45, 2.75) is 6.54 Å². The van der Waals surface area contributed by atoms with Crippen LogP contribution in [0.2, 0.25) is 0 Å². The van der Waals surface area contributed by atoms with Gasteiger partial charge < -0.3 is 10.6 Å². The lowest BCUT2D eigenvalue weighted by molar-refractivity contribution is 0.251. The molecule has 2 rings (SSSR count). The third kappa shape index (κ3) is 3.99. The Hall–Kier alpha value is -1.63. The van der Waals surface area contributed by atoms with E-state index >= 15 is 0 Å². The number of aromatic nitrogens is 1. The lowest BCUT2D eigenvalue weighted by atomic mass is 10.3. The van der Waals surface area contributed by atoms with Gasteiger partial charge in [0.1, 0.15) is 0 Å². The molecule has 0 fully saturated rings. The normalized spacial score (nSPS) is 9.83. The van der Waals surface area contributed by atoms with Crippen molar-refractivity contribution in [3.05, 3.63) is 57.9 Å². The van der Waals surface area contributed by atoms with Gasteiger partial charge in [-0.1, -0.05) is 0 Å². The van der Waals surface area contributed by atoms with Crippen molar-refractivity contribution in [3.63, 3.8) is 0 Å². The molecule has 0 saturated carbocycles.